The van der Waals surface area contributed by atoms with Crippen LogP contribution < -0.4 is 10.1 Å². The monoisotopic (exact) mass is 403 g/mol. The predicted molar refractivity (Wildman–Crippen MR) is 118 cm³/mol. The lowest BCUT2D eigenvalue weighted by Crippen LogP contribution is -2.39. The third-order valence-corrected chi connectivity index (χ3v) is 5.92. The number of aromatic nitrogens is 1. The Bertz CT molecular complexity index is 966. The van der Waals surface area contributed by atoms with Gasteiger partial charge in [-0.2, -0.15) is 0 Å². The highest BCUT2D eigenvalue weighted by molar-refractivity contribution is 5.79. The molecule has 0 spiro atoms. The van der Waals surface area contributed by atoms with Crippen molar-refractivity contribution in [2.24, 2.45) is 7.05 Å². The number of ether oxygens (including phenoxy) is 1. The third kappa shape index (κ3) is 4.41. The van der Waals surface area contributed by atoms with Gasteiger partial charge in [0.15, 0.2) is 0 Å². The van der Waals surface area contributed by atoms with E-state index in [1.54, 1.807) is 7.11 Å². The van der Waals surface area contributed by atoms with Gasteiger partial charge in [-0.1, -0.05) is 42.5 Å². The Hall–Kier alpha value is -3.05. The molecule has 156 valence electrons. The number of benzene rings is 2. The number of methoxy groups -OCH3 is 1. The fourth-order valence-electron chi connectivity index (χ4n) is 4.36. The minimum Gasteiger partial charge on any atom is -0.497 e. The normalized spacial score (nSPS) is 17.6. The molecule has 1 amide bonds. The van der Waals surface area contributed by atoms with Gasteiger partial charge in [-0.15, -0.1) is 0 Å². The Labute approximate surface area is 178 Å². The summed E-state index contributed by atoms with van der Waals surface area (Å²) in [4.78, 5) is 15.4. The molecule has 1 aliphatic heterocycles. The van der Waals surface area contributed by atoms with Crippen molar-refractivity contribution in [3.63, 3.8) is 0 Å². The minimum absolute atomic E-state index is 0.0424. The van der Waals surface area contributed by atoms with Crippen LogP contribution >= 0.6 is 0 Å². The molecule has 0 aliphatic carbocycles. The van der Waals surface area contributed by atoms with E-state index in [2.05, 4.69) is 52.3 Å². The molecule has 0 saturated carbocycles. The van der Waals surface area contributed by atoms with Crippen molar-refractivity contribution >= 4 is 5.91 Å². The molecule has 2 heterocycles. The van der Waals surface area contributed by atoms with E-state index in [9.17, 15) is 4.79 Å². The second kappa shape index (κ2) is 9.18. The van der Waals surface area contributed by atoms with Crippen molar-refractivity contribution in [1.29, 1.82) is 0 Å². The van der Waals surface area contributed by atoms with Crippen molar-refractivity contribution in [2.75, 3.05) is 20.2 Å². The molecule has 2 aromatic carbocycles. The lowest BCUT2D eigenvalue weighted by molar-refractivity contribution is -0.123. The fourth-order valence-corrected chi connectivity index (χ4v) is 4.36. The molecule has 0 unspecified atom stereocenters. The summed E-state index contributed by atoms with van der Waals surface area (Å²) in [5.41, 5.74) is 3.38. The highest BCUT2D eigenvalue weighted by Gasteiger charge is 2.29. The second-order valence-corrected chi connectivity index (χ2v) is 7.86. The van der Waals surface area contributed by atoms with Crippen LogP contribution in [0.1, 0.15) is 41.7 Å². The van der Waals surface area contributed by atoms with Crippen molar-refractivity contribution in [3.05, 3.63) is 89.7 Å². The van der Waals surface area contributed by atoms with E-state index < -0.39 is 0 Å². The van der Waals surface area contributed by atoms with E-state index in [0.29, 0.717) is 12.6 Å². The van der Waals surface area contributed by atoms with Crippen LogP contribution in [0.25, 0.3) is 0 Å². The van der Waals surface area contributed by atoms with Crippen LogP contribution in [0.5, 0.6) is 5.75 Å². The van der Waals surface area contributed by atoms with Crippen LogP contribution in [0.15, 0.2) is 72.9 Å². The standard InChI is InChI=1S/C25H29N3O2/c1-27-16-6-10-22(27)23-11-7-17-28(23)18-24(29)26-25(19-8-4-3-5-9-19)20-12-14-21(30-2)15-13-20/h3-6,8-10,12-16,23,25H,7,11,17-18H2,1-2H3,(H,26,29)/t23-,25+/m0/s1. The van der Waals surface area contributed by atoms with Gasteiger partial charge in [0.25, 0.3) is 0 Å². The van der Waals surface area contributed by atoms with Crippen LogP contribution in [0, 0.1) is 0 Å². The van der Waals surface area contributed by atoms with E-state index in [0.717, 1.165) is 36.3 Å². The van der Waals surface area contributed by atoms with E-state index in [1.807, 2.05) is 42.5 Å². The summed E-state index contributed by atoms with van der Waals surface area (Å²) in [6, 6.07) is 22.3. The highest BCUT2D eigenvalue weighted by atomic mass is 16.5. The van der Waals surface area contributed by atoms with E-state index in [1.165, 1.54) is 5.69 Å². The molecule has 5 nitrogen and oxygen atoms in total. The maximum atomic E-state index is 13.1. The Morgan fingerprint density at radius 3 is 2.47 bits per heavy atom. The first-order valence-corrected chi connectivity index (χ1v) is 10.5. The predicted octanol–water partition coefficient (Wildman–Crippen LogP) is 4.08. The van der Waals surface area contributed by atoms with Gasteiger partial charge in [-0.3, -0.25) is 9.69 Å². The summed E-state index contributed by atoms with van der Waals surface area (Å²) in [6.07, 6.45) is 4.27. The summed E-state index contributed by atoms with van der Waals surface area (Å²) < 4.78 is 7.44. The molecule has 4 rings (SSSR count). The average Bonchev–Trinajstić information content (AvgIpc) is 3.41. The van der Waals surface area contributed by atoms with Crippen LogP contribution in [0.3, 0.4) is 0 Å². The molecular weight excluding hydrogens is 374 g/mol. The fraction of sp³-hybridized carbons (Fsp3) is 0.320. The number of rotatable bonds is 7. The van der Waals surface area contributed by atoms with Crippen LogP contribution in [0.4, 0.5) is 0 Å². The van der Waals surface area contributed by atoms with E-state index in [4.69, 9.17) is 4.74 Å². The maximum absolute atomic E-state index is 13.1. The first kappa shape index (κ1) is 20.2. The Balaban J connectivity index is 1.51. The van der Waals surface area contributed by atoms with Crippen LogP contribution in [-0.2, 0) is 11.8 Å². The number of carbonyl (C=O) groups is 1. The zero-order chi connectivity index (χ0) is 20.9. The Morgan fingerprint density at radius 2 is 1.80 bits per heavy atom. The van der Waals surface area contributed by atoms with E-state index in [-0.39, 0.29) is 11.9 Å². The Morgan fingerprint density at radius 1 is 1.07 bits per heavy atom. The minimum atomic E-state index is -0.194. The first-order chi connectivity index (χ1) is 14.7. The summed E-state index contributed by atoms with van der Waals surface area (Å²) in [5, 5.41) is 3.27. The van der Waals surface area contributed by atoms with Gasteiger partial charge < -0.3 is 14.6 Å². The molecule has 0 bridgehead atoms. The SMILES string of the molecule is COc1ccc([C@H](NC(=O)CN2CCC[C@H]2c2cccn2C)c2ccccc2)cc1. The smallest absolute Gasteiger partial charge is 0.234 e. The van der Waals surface area contributed by atoms with Gasteiger partial charge >= 0.3 is 0 Å². The molecule has 5 heteroatoms. The van der Waals surface area contributed by atoms with Gasteiger partial charge in [-0.05, 0) is 54.8 Å². The quantitative estimate of drug-likeness (QED) is 0.647. The van der Waals surface area contributed by atoms with E-state index >= 15 is 0 Å². The molecule has 1 saturated heterocycles. The zero-order valence-electron chi connectivity index (χ0n) is 17.6. The number of hydrogen-bond acceptors (Lipinski definition) is 3. The van der Waals surface area contributed by atoms with Crippen LogP contribution in [0.2, 0.25) is 0 Å². The number of aryl methyl sites for hydroxylation is 1. The first-order valence-electron chi connectivity index (χ1n) is 10.5. The van der Waals surface area contributed by atoms with Crippen molar-refractivity contribution in [3.8, 4) is 5.75 Å². The summed E-state index contributed by atoms with van der Waals surface area (Å²) in [6.45, 7) is 1.34. The van der Waals surface area contributed by atoms with Gasteiger partial charge in [0.05, 0.1) is 25.7 Å². The molecule has 0 radical (unpaired) electrons. The molecule has 1 aliphatic rings. The average molecular weight is 404 g/mol. The summed E-state index contributed by atoms with van der Waals surface area (Å²) >= 11 is 0. The number of carbonyl (C=O) groups excluding carboxylic acids is 1. The summed E-state index contributed by atoms with van der Waals surface area (Å²) in [7, 11) is 3.73. The molecule has 1 fully saturated rings. The lowest BCUT2D eigenvalue weighted by atomic mass is 9.98. The number of amides is 1. The number of nitrogens with one attached hydrogen (secondary N) is 1. The number of hydrogen-bond donors (Lipinski definition) is 1. The number of likely N-dealkylation sites (tertiary alicyclic amines) is 1. The molecule has 30 heavy (non-hydrogen) atoms. The van der Waals surface area contributed by atoms with Crippen LogP contribution in [-0.4, -0.2) is 35.6 Å². The van der Waals surface area contributed by atoms with Gasteiger partial charge in [0.1, 0.15) is 5.75 Å². The van der Waals surface area contributed by atoms with Gasteiger partial charge in [0.2, 0.25) is 5.91 Å². The molecule has 3 aromatic rings. The van der Waals surface area contributed by atoms with Gasteiger partial charge in [0, 0.05) is 18.9 Å². The maximum Gasteiger partial charge on any atom is 0.234 e. The Kier molecular flexibility index (Phi) is 6.19. The molecule has 1 aromatic heterocycles. The highest BCUT2D eigenvalue weighted by Crippen LogP contribution is 2.31. The van der Waals surface area contributed by atoms with Crippen molar-refractivity contribution < 1.29 is 9.53 Å². The lowest BCUT2D eigenvalue weighted by Gasteiger charge is -2.26. The van der Waals surface area contributed by atoms with Crippen molar-refractivity contribution in [2.45, 2.75) is 24.9 Å². The largest absolute Gasteiger partial charge is 0.497 e. The summed E-state index contributed by atoms with van der Waals surface area (Å²) in [5.74, 6) is 0.847. The molecule has 1 N–H and O–H groups in total. The van der Waals surface area contributed by atoms with Crippen molar-refractivity contribution in [1.82, 2.24) is 14.8 Å². The second-order valence-electron chi connectivity index (χ2n) is 7.86. The van der Waals surface area contributed by atoms with Gasteiger partial charge in [-0.25, -0.2) is 0 Å². The third-order valence-electron chi connectivity index (χ3n) is 5.92. The molecule has 2 atom stereocenters. The zero-order valence-corrected chi connectivity index (χ0v) is 17.6. The topological polar surface area (TPSA) is 46.5 Å². The number of nitrogens with zero attached hydrogens (tertiary/aromatic N) is 2. The molecular formula is C25H29N3O2.